The standard InChI is InChI=1S/C18H24NO/c1-12-3-2-4-19(10-12)11-17(20)18-15-6-13-5-14(8-15)9-16(18)7-13/h2-4,10,13-16,18H,5-9,11H2,1H3/q+1. The van der Waals surface area contributed by atoms with Crippen molar-refractivity contribution in [2.45, 2.75) is 45.6 Å². The summed E-state index contributed by atoms with van der Waals surface area (Å²) in [4.78, 5) is 12.8. The van der Waals surface area contributed by atoms with Crippen molar-refractivity contribution >= 4 is 5.78 Å². The zero-order valence-corrected chi connectivity index (χ0v) is 12.3. The van der Waals surface area contributed by atoms with Crippen LogP contribution in [0.1, 0.15) is 37.7 Å². The smallest absolute Gasteiger partial charge is 0.206 e. The molecule has 2 nitrogen and oxygen atoms in total. The molecule has 4 bridgehead atoms. The second-order valence-corrected chi connectivity index (χ2v) is 7.48. The number of carbonyl (C=O) groups excluding carboxylic acids is 1. The number of carbonyl (C=O) groups is 1. The van der Waals surface area contributed by atoms with Crippen LogP contribution < -0.4 is 4.57 Å². The number of Topliss-reactive ketones (excluding diaryl/α,β-unsaturated/α-hetero) is 1. The Morgan fingerprint density at radius 1 is 1.15 bits per heavy atom. The molecule has 5 rings (SSSR count). The second-order valence-electron chi connectivity index (χ2n) is 7.48. The van der Waals surface area contributed by atoms with E-state index in [1.807, 2.05) is 12.3 Å². The summed E-state index contributed by atoms with van der Waals surface area (Å²) < 4.78 is 2.07. The monoisotopic (exact) mass is 270 g/mol. The number of pyridine rings is 1. The zero-order valence-electron chi connectivity index (χ0n) is 12.3. The van der Waals surface area contributed by atoms with Crippen LogP contribution in [0, 0.1) is 36.5 Å². The largest absolute Gasteiger partial charge is 0.292 e. The van der Waals surface area contributed by atoms with Gasteiger partial charge in [-0.2, -0.15) is 4.57 Å². The number of aryl methyl sites for hydroxylation is 1. The van der Waals surface area contributed by atoms with Crippen LogP contribution in [0.25, 0.3) is 0 Å². The van der Waals surface area contributed by atoms with Crippen molar-refractivity contribution in [3.63, 3.8) is 0 Å². The average molecular weight is 270 g/mol. The van der Waals surface area contributed by atoms with Crippen molar-refractivity contribution in [3.8, 4) is 0 Å². The Hall–Kier alpha value is -1.18. The summed E-state index contributed by atoms with van der Waals surface area (Å²) in [5.41, 5.74) is 1.23. The highest BCUT2D eigenvalue weighted by atomic mass is 16.1. The Morgan fingerprint density at radius 3 is 2.40 bits per heavy atom. The molecule has 2 heteroatoms. The topological polar surface area (TPSA) is 20.9 Å². The molecule has 4 aliphatic carbocycles. The highest BCUT2D eigenvalue weighted by Gasteiger charge is 2.51. The first-order valence-corrected chi connectivity index (χ1v) is 8.17. The van der Waals surface area contributed by atoms with Gasteiger partial charge in [0.05, 0.1) is 0 Å². The lowest BCUT2D eigenvalue weighted by molar-refractivity contribution is -0.685. The van der Waals surface area contributed by atoms with Gasteiger partial charge in [-0.3, -0.25) is 4.79 Å². The van der Waals surface area contributed by atoms with E-state index < -0.39 is 0 Å². The number of hydrogen-bond acceptors (Lipinski definition) is 1. The summed E-state index contributed by atoms with van der Waals surface area (Å²) in [5.74, 6) is 4.19. The van der Waals surface area contributed by atoms with Crippen molar-refractivity contribution in [1.82, 2.24) is 0 Å². The fourth-order valence-corrected chi connectivity index (χ4v) is 5.49. The first-order chi connectivity index (χ1) is 9.69. The van der Waals surface area contributed by atoms with Crippen LogP contribution in [0.5, 0.6) is 0 Å². The quantitative estimate of drug-likeness (QED) is 0.774. The Labute approximate surface area is 121 Å². The zero-order chi connectivity index (χ0) is 13.7. The minimum Gasteiger partial charge on any atom is -0.292 e. The van der Waals surface area contributed by atoms with E-state index in [0.29, 0.717) is 30.1 Å². The van der Waals surface area contributed by atoms with E-state index in [9.17, 15) is 4.79 Å². The maximum atomic E-state index is 12.8. The van der Waals surface area contributed by atoms with Gasteiger partial charge in [0.1, 0.15) is 0 Å². The maximum absolute atomic E-state index is 12.8. The molecule has 4 fully saturated rings. The molecule has 4 aliphatic rings. The van der Waals surface area contributed by atoms with E-state index >= 15 is 0 Å². The third-order valence-electron chi connectivity index (χ3n) is 5.94. The lowest BCUT2D eigenvalue weighted by Crippen LogP contribution is -2.51. The summed E-state index contributed by atoms with van der Waals surface area (Å²) in [6.07, 6.45) is 10.9. The van der Waals surface area contributed by atoms with E-state index in [1.54, 1.807) is 0 Å². The van der Waals surface area contributed by atoms with E-state index in [1.165, 1.54) is 37.7 Å². The van der Waals surface area contributed by atoms with Gasteiger partial charge in [-0.05, 0) is 68.8 Å². The highest BCUT2D eigenvalue weighted by molar-refractivity contribution is 5.80. The van der Waals surface area contributed by atoms with Crippen LogP contribution in [0.4, 0.5) is 0 Å². The minimum atomic E-state index is 0.371. The Kier molecular flexibility index (Phi) is 2.94. The lowest BCUT2D eigenvalue weighted by Gasteiger charge is -2.53. The van der Waals surface area contributed by atoms with Crippen molar-refractivity contribution in [3.05, 3.63) is 30.1 Å². The van der Waals surface area contributed by atoms with Crippen LogP contribution in [-0.4, -0.2) is 5.78 Å². The molecule has 0 amide bonds. The Bertz CT molecular complexity index is 508. The van der Waals surface area contributed by atoms with Crippen LogP contribution in [0.15, 0.2) is 24.5 Å². The van der Waals surface area contributed by atoms with Crippen LogP contribution in [0.3, 0.4) is 0 Å². The normalized spacial score (nSPS) is 38.1. The van der Waals surface area contributed by atoms with Crippen LogP contribution in [0.2, 0.25) is 0 Å². The molecule has 0 spiro atoms. The summed E-state index contributed by atoms with van der Waals surface area (Å²) in [6.45, 7) is 2.67. The number of rotatable bonds is 3. The molecule has 20 heavy (non-hydrogen) atoms. The summed E-state index contributed by atoms with van der Waals surface area (Å²) in [7, 11) is 0. The molecule has 1 aromatic rings. The summed E-state index contributed by atoms with van der Waals surface area (Å²) in [6, 6.07) is 4.13. The van der Waals surface area contributed by atoms with Gasteiger partial charge in [-0.1, -0.05) is 0 Å². The first kappa shape index (κ1) is 12.6. The lowest BCUT2D eigenvalue weighted by atomic mass is 9.51. The fraction of sp³-hybridized carbons (Fsp3) is 0.667. The van der Waals surface area contributed by atoms with Crippen molar-refractivity contribution in [2.24, 2.45) is 29.6 Å². The molecule has 0 saturated heterocycles. The van der Waals surface area contributed by atoms with Crippen molar-refractivity contribution < 1.29 is 9.36 Å². The molecule has 1 aromatic heterocycles. The van der Waals surface area contributed by atoms with Gasteiger partial charge in [0.15, 0.2) is 12.4 Å². The third kappa shape index (κ3) is 2.10. The average Bonchev–Trinajstić information content (AvgIpc) is 2.37. The molecular weight excluding hydrogens is 246 g/mol. The van der Waals surface area contributed by atoms with E-state index in [2.05, 4.69) is 23.8 Å². The predicted octanol–water partition coefficient (Wildman–Crippen LogP) is 2.92. The van der Waals surface area contributed by atoms with Gasteiger partial charge >= 0.3 is 0 Å². The Morgan fingerprint density at radius 2 is 1.80 bits per heavy atom. The van der Waals surface area contributed by atoms with Crippen molar-refractivity contribution in [2.75, 3.05) is 0 Å². The van der Waals surface area contributed by atoms with Crippen LogP contribution in [-0.2, 0) is 11.3 Å². The van der Waals surface area contributed by atoms with Gasteiger partial charge < -0.3 is 0 Å². The molecule has 0 unspecified atom stereocenters. The maximum Gasteiger partial charge on any atom is 0.206 e. The molecular formula is C18H24NO+. The molecule has 0 aliphatic heterocycles. The van der Waals surface area contributed by atoms with Crippen LogP contribution >= 0.6 is 0 Å². The van der Waals surface area contributed by atoms with Crippen molar-refractivity contribution in [1.29, 1.82) is 0 Å². The van der Waals surface area contributed by atoms with E-state index in [4.69, 9.17) is 0 Å². The van der Waals surface area contributed by atoms with E-state index in [-0.39, 0.29) is 0 Å². The van der Waals surface area contributed by atoms with Gasteiger partial charge in [0.2, 0.25) is 12.3 Å². The van der Waals surface area contributed by atoms with Gasteiger partial charge in [-0.15, -0.1) is 0 Å². The number of ketones is 1. The predicted molar refractivity (Wildman–Crippen MR) is 76.9 cm³/mol. The van der Waals surface area contributed by atoms with E-state index in [0.717, 1.165) is 11.8 Å². The van der Waals surface area contributed by atoms with Gasteiger partial charge in [-0.25, -0.2) is 0 Å². The number of aromatic nitrogens is 1. The fourth-order valence-electron chi connectivity index (χ4n) is 5.49. The Balaban J connectivity index is 1.51. The molecule has 0 atom stereocenters. The van der Waals surface area contributed by atoms with Gasteiger partial charge in [0, 0.05) is 17.5 Å². The molecule has 4 saturated carbocycles. The molecule has 1 heterocycles. The highest BCUT2D eigenvalue weighted by Crippen LogP contribution is 2.56. The minimum absolute atomic E-state index is 0.371. The first-order valence-electron chi connectivity index (χ1n) is 8.17. The molecule has 0 N–H and O–H groups in total. The molecule has 0 aromatic carbocycles. The second kappa shape index (κ2) is 4.68. The number of nitrogens with zero attached hydrogens (tertiary/aromatic N) is 1. The molecule has 106 valence electrons. The third-order valence-corrected chi connectivity index (χ3v) is 5.94. The molecule has 0 radical (unpaired) electrons. The van der Waals surface area contributed by atoms with Gasteiger partial charge in [0.25, 0.3) is 0 Å². The summed E-state index contributed by atoms with van der Waals surface area (Å²) >= 11 is 0. The summed E-state index contributed by atoms with van der Waals surface area (Å²) in [5, 5.41) is 0. The number of hydrogen-bond donors (Lipinski definition) is 0. The SMILES string of the molecule is Cc1ccc[n+](CC(=O)C2C3CC4CC(C3)CC2C4)c1.